The summed E-state index contributed by atoms with van der Waals surface area (Å²) in [5.41, 5.74) is 7.22. The molecule has 2 heterocycles. The van der Waals surface area contributed by atoms with Crippen LogP contribution in [0.1, 0.15) is 28.9 Å². The van der Waals surface area contributed by atoms with Crippen LogP contribution in [-0.4, -0.2) is 39.6 Å². The van der Waals surface area contributed by atoms with E-state index in [4.69, 9.17) is 15.6 Å². The van der Waals surface area contributed by atoms with Gasteiger partial charge in [-0.2, -0.15) is 5.10 Å². The number of methoxy groups -OCH3 is 1. The van der Waals surface area contributed by atoms with Crippen LogP contribution in [0.5, 0.6) is 0 Å². The number of carboxylic acid groups (broad SMARTS) is 1. The van der Waals surface area contributed by atoms with Crippen molar-refractivity contribution in [2.24, 2.45) is 0 Å². The molecule has 2 aromatic heterocycles. The van der Waals surface area contributed by atoms with Crippen molar-refractivity contribution in [2.45, 2.75) is 26.3 Å². The second-order valence-corrected chi connectivity index (χ2v) is 4.60. The van der Waals surface area contributed by atoms with Crippen molar-refractivity contribution in [3.05, 3.63) is 17.5 Å². The number of aromatic nitrogens is 3. The molecule has 0 saturated carbocycles. The number of anilines is 1. The summed E-state index contributed by atoms with van der Waals surface area (Å²) >= 11 is 0. The van der Waals surface area contributed by atoms with Crippen LogP contribution in [0.15, 0.2) is 6.20 Å². The predicted molar refractivity (Wildman–Crippen MR) is 74.7 cm³/mol. The lowest BCUT2D eigenvalue weighted by Gasteiger charge is -2.07. The molecule has 0 spiro atoms. The number of ether oxygens (including phenoxy) is 1. The molecule has 0 bridgehead atoms. The molecule has 0 unspecified atom stereocenters. The van der Waals surface area contributed by atoms with Gasteiger partial charge in [-0.1, -0.05) is 0 Å². The number of nitrogens with two attached hydrogens (primary N) is 1. The number of carboxylic acids is 1. The molecule has 0 aliphatic rings. The summed E-state index contributed by atoms with van der Waals surface area (Å²) in [6.07, 6.45) is 3.41. The Balaban J connectivity index is 2.34. The number of hydrogen-bond acceptors (Lipinski definition) is 5. The van der Waals surface area contributed by atoms with Crippen LogP contribution in [0, 0.1) is 6.92 Å². The SMILES string of the molecule is COCCCCn1ncc2c(N)c(C(=O)O)c(C)nc21. The third-order valence-corrected chi connectivity index (χ3v) is 3.19. The van der Waals surface area contributed by atoms with E-state index in [0.29, 0.717) is 29.9 Å². The normalized spacial score (nSPS) is 11.1. The monoisotopic (exact) mass is 278 g/mol. The van der Waals surface area contributed by atoms with Crippen molar-refractivity contribution in [3.8, 4) is 0 Å². The fourth-order valence-corrected chi connectivity index (χ4v) is 2.17. The molecule has 0 aromatic carbocycles. The molecule has 0 saturated heterocycles. The Labute approximate surface area is 116 Å². The lowest BCUT2D eigenvalue weighted by molar-refractivity contribution is 0.0697. The zero-order valence-electron chi connectivity index (χ0n) is 11.6. The van der Waals surface area contributed by atoms with E-state index in [0.717, 1.165) is 12.8 Å². The summed E-state index contributed by atoms with van der Waals surface area (Å²) in [5, 5.41) is 14.0. The largest absolute Gasteiger partial charge is 0.478 e. The summed E-state index contributed by atoms with van der Waals surface area (Å²) in [5.74, 6) is -1.07. The van der Waals surface area contributed by atoms with Crippen molar-refractivity contribution in [3.63, 3.8) is 0 Å². The second kappa shape index (κ2) is 5.87. The Hall–Kier alpha value is -2.15. The lowest BCUT2D eigenvalue weighted by atomic mass is 10.1. The highest BCUT2D eigenvalue weighted by Crippen LogP contribution is 2.25. The molecule has 3 N–H and O–H groups in total. The first kappa shape index (κ1) is 14.3. The van der Waals surface area contributed by atoms with Gasteiger partial charge in [0.2, 0.25) is 0 Å². The molecule has 108 valence electrons. The summed E-state index contributed by atoms with van der Waals surface area (Å²) in [7, 11) is 1.67. The van der Waals surface area contributed by atoms with Crippen LogP contribution < -0.4 is 5.73 Å². The number of fused-ring (bicyclic) bond motifs is 1. The van der Waals surface area contributed by atoms with Crippen molar-refractivity contribution >= 4 is 22.7 Å². The first-order valence-corrected chi connectivity index (χ1v) is 6.40. The number of nitrogens with zero attached hydrogens (tertiary/aromatic N) is 3. The van der Waals surface area contributed by atoms with Crippen molar-refractivity contribution in [1.29, 1.82) is 0 Å². The van der Waals surface area contributed by atoms with Crippen LogP contribution in [0.3, 0.4) is 0 Å². The van der Waals surface area contributed by atoms with Gasteiger partial charge in [-0.25, -0.2) is 14.5 Å². The maximum atomic E-state index is 11.2. The minimum Gasteiger partial charge on any atom is -0.478 e. The van der Waals surface area contributed by atoms with Gasteiger partial charge in [-0.3, -0.25) is 0 Å². The highest BCUT2D eigenvalue weighted by Gasteiger charge is 2.18. The lowest BCUT2D eigenvalue weighted by Crippen LogP contribution is -2.09. The second-order valence-electron chi connectivity index (χ2n) is 4.60. The number of hydrogen-bond donors (Lipinski definition) is 2. The molecule has 0 aliphatic heterocycles. The van der Waals surface area contributed by atoms with Gasteiger partial charge in [-0.15, -0.1) is 0 Å². The quantitative estimate of drug-likeness (QED) is 0.775. The van der Waals surface area contributed by atoms with Gasteiger partial charge in [0.1, 0.15) is 5.56 Å². The highest BCUT2D eigenvalue weighted by atomic mass is 16.5. The topological polar surface area (TPSA) is 103 Å². The summed E-state index contributed by atoms with van der Waals surface area (Å²) in [4.78, 5) is 15.5. The number of rotatable bonds is 6. The van der Waals surface area contributed by atoms with Crippen LogP contribution >= 0.6 is 0 Å². The molecule has 0 aliphatic carbocycles. The van der Waals surface area contributed by atoms with E-state index in [1.165, 1.54) is 0 Å². The van der Waals surface area contributed by atoms with E-state index in [1.54, 1.807) is 24.9 Å². The Bertz CT molecular complexity index is 636. The molecule has 2 rings (SSSR count). The highest BCUT2D eigenvalue weighted by molar-refractivity contribution is 6.03. The van der Waals surface area contributed by atoms with Gasteiger partial charge in [0.05, 0.1) is 23.0 Å². The van der Waals surface area contributed by atoms with Gasteiger partial charge < -0.3 is 15.6 Å². The van der Waals surface area contributed by atoms with Crippen molar-refractivity contribution in [1.82, 2.24) is 14.8 Å². The fourth-order valence-electron chi connectivity index (χ4n) is 2.17. The Morgan fingerprint density at radius 1 is 1.50 bits per heavy atom. The third kappa shape index (κ3) is 2.57. The number of aryl methyl sites for hydroxylation is 2. The van der Waals surface area contributed by atoms with Crippen LogP contribution in [0.25, 0.3) is 11.0 Å². The number of unbranched alkanes of at least 4 members (excludes halogenated alkanes) is 1. The minimum absolute atomic E-state index is 0.0523. The fraction of sp³-hybridized carbons (Fsp3) is 0.462. The smallest absolute Gasteiger partial charge is 0.339 e. The number of aromatic carboxylic acids is 1. The maximum absolute atomic E-state index is 11.2. The van der Waals surface area contributed by atoms with Crippen LogP contribution in [0.4, 0.5) is 5.69 Å². The molecular formula is C13H18N4O3. The first-order chi connectivity index (χ1) is 9.56. The molecule has 0 fully saturated rings. The molecule has 7 nitrogen and oxygen atoms in total. The number of pyridine rings is 1. The van der Waals surface area contributed by atoms with E-state index in [2.05, 4.69) is 10.1 Å². The first-order valence-electron chi connectivity index (χ1n) is 6.40. The molecule has 0 amide bonds. The van der Waals surface area contributed by atoms with Crippen LogP contribution in [0.2, 0.25) is 0 Å². The van der Waals surface area contributed by atoms with Crippen LogP contribution in [-0.2, 0) is 11.3 Å². The van der Waals surface area contributed by atoms with Gasteiger partial charge in [0, 0.05) is 20.3 Å². The summed E-state index contributed by atoms with van der Waals surface area (Å²) in [6, 6.07) is 0. The molecule has 0 radical (unpaired) electrons. The zero-order valence-corrected chi connectivity index (χ0v) is 11.6. The van der Waals surface area contributed by atoms with Gasteiger partial charge in [0.15, 0.2) is 5.65 Å². The average Bonchev–Trinajstić information content (AvgIpc) is 2.77. The molecule has 20 heavy (non-hydrogen) atoms. The maximum Gasteiger partial charge on any atom is 0.339 e. The van der Waals surface area contributed by atoms with Gasteiger partial charge in [0.25, 0.3) is 0 Å². The molecule has 0 atom stereocenters. The van der Waals surface area contributed by atoms with E-state index >= 15 is 0 Å². The summed E-state index contributed by atoms with van der Waals surface area (Å²) in [6.45, 7) is 3.05. The van der Waals surface area contributed by atoms with Crippen molar-refractivity contribution in [2.75, 3.05) is 19.5 Å². The van der Waals surface area contributed by atoms with E-state index in [-0.39, 0.29) is 11.3 Å². The zero-order chi connectivity index (χ0) is 14.7. The van der Waals surface area contributed by atoms with Gasteiger partial charge >= 0.3 is 5.97 Å². The number of nitrogen functional groups attached to an aromatic ring is 1. The molecule has 7 heteroatoms. The third-order valence-electron chi connectivity index (χ3n) is 3.19. The average molecular weight is 278 g/mol. The molecule has 2 aromatic rings. The van der Waals surface area contributed by atoms with E-state index in [9.17, 15) is 4.79 Å². The Morgan fingerprint density at radius 3 is 2.90 bits per heavy atom. The van der Waals surface area contributed by atoms with Gasteiger partial charge in [-0.05, 0) is 19.8 Å². The molecular weight excluding hydrogens is 260 g/mol. The standard InChI is InChI=1S/C13H18N4O3/c1-8-10(13(18)19)11(14)9-7-15-17(12(9)16-8)5-3-4-6-20-2/h7H,3-6H2,1-2H3,(H2,14,16)(H,18,19). The minimum atomic E-state index is -1.07. The van der Waals surface area contributed by atoms with E-state index in [1.807, 2.05) is 0 Å². The predicted octanol–water partition coefficient (Wildman–Crippen LogP) is 1.45. The number of carbonyl (C=O) groups is 1. The van der Waals surface area contributed by atoms with E-state index < -0.39 is 5.97 Å². The summed E-state index contributed by atoms with van der Waals surface area (Å²) < 4.78 is 6.75. The Kier molecular flexibility index (Phi) is 4.19. The van der Waals surface area contributed by atoms with Crippen molar-refractivity contribution < 1.29 is 14.6 Å². The Morgan fingerprint density at radius 2 is 2.25 bits per heavy atom.